The molecular weight excluding hydrogens is 444 g/mol. The van der Waals surface area contributed by atoms with Crippen LogP contribution < -0.4 is 9.64 Å². The van der Waals surface area contributed by atoms with E-state index >= 15 is 0 Å². The molecule has 0 unspecified atom stereocenters. The molecule has 34 heavy (non-hydrogen) atoms. The third-order valence-corrected chi connectivity index (χ3v) is 6.45. The topological polar surface area (TPSA) is 59.2 Å². The second kappa shape index (κ2) is 9.19. The average Bonchev–Trinajstić information content (AvgIpc) is 3.38. The van der Waals surface area contributed by atoms with Gasteiger partial charge >= 0.3 is 0 Å². The predicted molar refractivity (Wildman–Crippen MR) is 138 cm³/mol. The van der Waals surface area contributed by atoms with Crippen LogP contribution in [0, 0.1) is 13.8 Å². The Kier molecular flexibility index (Phi) is 5.94. The molecule has 2 aromatic heterocycles. The molecule has 4 aromatic rings. The van der Waals surface area contributed by atoms with Crippen molar-refractivity contribution >= 4 is 40.2 Å². The van der Waals surface area contributed by atoms with Gasteiger partial charge in [-0.1, -0.05) is 36.0 Å². The summed E-state index contributed by atoms with van der Waals surface area (Å²) < 4.78 is 7.23. The highest BCUT2D eigenvalue weighted by Gasteiger charge is 2.32. The Hall–Kier alpha value is -3.84. The molecule has 2 aromatic carbocycles. The number of methoxy groups -OCH3 is 1. The first-order chi connectivity index (χ1) is 16.5. The summed E-state index contributed by atoms with van der Waals surface area (Å²) in [7, 11) is 1.63. The van der Waals surface area contributed by atoms with E-state index in [1.54, 1.807) is 12.0 Å². The van der Waals surface area contributed by atoms with Crippen molar-refractivity contribution in [1.29, 1.82) is 0 Å². The number of nitrogens with zero attached hydrogens (tertiary/aromatic N) is 4. The van der Waals surface area contributed by atoms with Crippen molar-refractivity contribution in [2.45, 2.75) is 19.6 Å². The van der Waals surface area contributed by atoms with Crippen molar-refractivity contribution in [1.82, 2.24) is 9.38 Å². The van der Waals surface area contributed by atoms with Crippen LogP contribution in [-0.2, 0) is 10.5 Å². The quantitative estimate of drug-likeness (QED) is 0.356. The van der Waals surface area contributed by atoms with Crippen molar-refractivity contribution in [3.63, 3.8) is 0 Å². The number of aliphatic imine (C=N–C) groups is 1. The molecule has 0 radical (unpaired) electrons. The van der Waals surface area contributed by atoms with Gasteiger partial charge in [-0.05, 0) is 73.0 Å². The largest absolute Gasteiger partial charge is 0.497 e. The minimum absolute atomic E-state index is 0.140. The maximum atomic E-state index is 13.5. The molecule has 0 saturated carbocycles. The fourth-order valence-electron chi connectivity index (χ4n) is 3.95. The summed E-state index contributed by atoms with van der Waals surface area (Å²) in [6.07, 6.45) is 5.80. The Morgan fingerprint density at radius 3 is 2.50 bits per heavy atom. The summed E-state index contributed by atoms with van der Waals surface area (Å²) in [5.41, 5.74) is 6.14. The highest BCUT2D eigenvalue weighted by molar-refractivity contribution is 8.13. The van der Waals surface area contributed by atoms with Crippen LogP contribution in [0.3, 0.4) is 0 Å². The van der Waals surface area contributed by atoms with Crippen molar-refractivity contribution < 1.29 is 9.53 Å². The number of hydrogen-bond acceptors (Lipinski definition) is 5. The van der Waals surface area contributed by atoms with Gasteiger partial charge in [0.05, 0.1) is 18.5 Å². The zero-order valence-corrected chi connectivity index (χ0v) is 20.0. The minimum atomic E-state index is -0.140. The first-order valence-electron chi connectivity index (χ1n) is 10.9. The number of carbonyl (C=O) groups excluding carboxylic acids is 1. The number of anilines is 1. The van der Waals surface area contributed by atoms with Crippen LogP contribution in [0.15, 0.2) is 83.7 Å². The van der Waals surface area contributed by atoms with Crippen molar-refractivity contribution in [2.75, 3.05) is 12.0 Å². The summed E-state index contributed by atoms with van der Waals surface area (Å²) in [4.78, 5) is 24.6. The highest BCUT2D eigenvalue weighted by Crippen LogP contribution is 2.32. The van der Waals surface area contributed by atoms with E-state index in [0.717, 1.165) is 39.5 Å². The van der Waals surface area contributed by atoms with Gasteiger partial charge in [0.25, 0.3) is 5.91 Å². The molecule has 0 aliphatic carbocycles. The number of pyridine rings is 1. The normalized spacial score (nSPS) is 14.8. The summed E-state index contributed by atoms with van der Waals surface area (Å²) in [5, 5.41) is 0.645. The van der Waals surface area contributed by atoms with Crippen molar-refractivity contribution in [3.8, 4) is 5.75 Å². The van der Waals surface area contributed by atoms with Crippen LogP contribution in [-0.4, -0.2) is 27.6 Å². The molecule has 0 spiro atoms. The lowest BCUT2D eigenvalue weighted by Gasteiger charge is -2.19. The van der Waals surface area contributed by atoms with E-state index in [-0.39, 0.29) is 5.91 Å². The van der Waals surface area contributed by atoms with E-state index in [9.17, 15) is 4.79 Å². The fourth-order valence-corrected chi connectivity index (χ4v) is 4.85. The van der Waals surface area contributed by atoms with Crippen molar-refractivity contribution in [2.24, 2.45) is 4.99 Å². The third kappa shape index (κ3) is 4.47. The van der Waals surface area contributed by atoms with Crippen LogP contribution in [0.5, 0.6) is 5.75 Å². The minimum Gasteiger partial charge on any atom is -0.497 e. The molecule has 170 valence electrons. The van der Waals surface area contributed by atoms with Gasteiger partial charge in [0, 0.05) is 18.1 Å². The fraction of sp³-hybridized carbons (Fsp3) is 0.148. The Labute approximate surface area is 202 Å². The zero-order chi connectivity index (χ0) is 23.7. The molecule has 1 amide bonds. The first kappa shape index (κ1) is 22.0. The summed E-state index contributed by atoms with van der Waals surface area (Å²) in [6, 6.07) is 19.6. The summed E-state index contributed by atoms with van der Waals surface area (Å²) >= 11 is 1.51. The van der Waals surface area contributed by atoms with Crippen molar-refractivity contribution in [3.05, 3.63) is 101 Å². The molecule has 1 aliphatic rings. The molecule has 1 aliphatic heterocycles. The van der Waals surface area contributed by atoms with Gasteiger partial charge in [0.1, 0.15) is 17.1 Å². The molecule has 6 nitrogen and oxygen atoms in total. The Balaban J connectivity index is 1.48. The van der Waals surface area contributed by atoms with E-state index in [2.05, 4.69) is 11.1 Å². The number of carbonyl (C=O) groups is 1. The maximum Gasteiger partial charge on any atom is 0.283 e. The van der Waals surface area contributed by atoms with Gasteiger partial charge in [-0.3, -0.25) is 9.69 Å². The Morgan fingerprint density at radius 1 is 1.03 bits per heavy atom. The second-order valence-electron chi connectivity index (χ2n) is 8.17. The number of ether oxygens (including phenoxy) is 1. The second-order valence-corrected chi connectivity index (χ2v) is 9.11. The van der Waals surface area contributed by atoms with E-state index in [1.165, 1.54) is 11.8 Å². The van der Waals surface area contributed by atoms with E-state index < -0.39 is 0 Å². The molecule has 0 saturated heterocycles. The third-order valence-electron chi connectivity index (χ3n) is 5.48. The zero-order valence-electron chi connectivity index (χ0n) is 19.2. The molecular formula is C27H24N4O2S. The van der Waals surface area contributed by atoms with Gasteiger partial charge in [-0.25, -0.2) is 9.98 Å². The van der Waals surface area contributed by atoms with E-state index in [1.807, 2.05) is 91.3 Å². The number of aromatic nitrogens is 2. The molecule has 0 fully saturated rings. The van der Waals surface area contributed by atoms with Gasteiger partial charge in [0.2, 0.25) is 0 Å². The lowest BCUT2D eigenvalue weighted by molar-refractivity contribution is -0.113. The molecule has 0 atom stereocenters. The predicted octanol–water partition coefficient (Wildman–Crippen LogP) is 5.64. The summed E-state index contributed by atoms with van der Waals surface area (Å²) in [6.45, 7) is 4.07. The number of rotatable bonds is 5. The smallest absolute Gasteiger partial charge is 0.283 e. The maximum absolute atomic E-state index is 13.5. The molecule has 0 bridgehead atoms. The number of imidazole rings is 1. The first-order valence-corrected chi connectivity index (χ1v) is 11.9. The number of fused-ring (bicyclic) bond motifs is 1. The molecule has 5 rings (SSSR count). The van der Waals surface area contributed by atoms with Gasteiger partial charge < -0.3 is 9.14 Å². The summed E-state index contributed by atoms with van der Waals surface area (Å²) in [5.74, 6) is 1.23. The monoisotopic (exact) mass is 468 g/mol. The van der Waals surface area contributed by atoms with Gasteiger partial charge in [-0.15, -0.1) is 0 Å². The average molecular weight is 469 g/mol. The van der Waals surface area contributed by atoms with Crippen LogP contribution >= 0.6 is 11.8 Å². The van der Waals surface area contributed by atoms with Crippen LogP contribution in [0.1, 0.15) is 22.4 Å². The number of amides is 1. The lowest BCUT2D eigenvalue weighted by atomic mass is 10.1. The highest BCUT2D eigenvalue weighted by atomic mass is 32.2. The van der Waals surface area contributed by atoms with E-state index in [4.69, 9.17) is 9.73 Å². The standard InChI is InChI=1S/C27H24N4O2S/c1-18-12-19(2)14-22(13-18)31-26(32)24(15-20-7-9-23(33-3)10-8-20)29-27(31)34-17-21-16-30-11-5-4-6-25(30)28-21/h4-16H,17H2,1-3H3. The number of benzene rings is 2. The SMILES string of the molecule is COc1ccc(C=C2N=C(SCc3cn4ccccc4n3)N(c3cc(C)cc(C)c3)C2=O)cc1. The van der Waals surface area contributed by atoms with Crippen LogP contribution in [0.4, 0.5) is 5.69 Å². The van der Waals surface area contributed by atoms with Crippen LogP contribution in [0.2, 0.25) is 0 Å². The van der Waals surface area contributed by atoms with Gasteiger partial charge in [0.15, 0.2) is 5.17 Å². The van der Waals surface area contributed by atoms with Crippen LogP contribution in [0.25, 0.3) is 11.7 Å². The van der Waals surface area contributed by atoms with Gasteiger partial charge in [-0.2, -0.15) is 0 Å². The molecule has 3 heterocycles. The number of thioether (sulfide) groups is 1. The number of hydrogen-bond donors (Lipinski definition) is 0. The number of amidine groups is 1. The Bertz CT molecular complexity index is 1380. The lowest BCUT2D eigenvalue weighted by Crippen LogP contribution is -2.30. The van der Waals surface area contributed by atoms with E-state index in [0.29, 0.717) is 16.6 Å². The molecule has 7 heteroatoms. The Morgan fingerprint density at radius 2 is 1.79 bits per heavy atom. The molecule has 0 N–H and O–H groups in total. The number of aryl methyl sites for hydroxylation is 2.